The molecule has 0 aliphatic carbocycles. The molecule has 1 amide bonds. The zero-order valence-corrected chi connectivity index (χ0v) is 14.2. The highest BCUT2D eigenvalue weighted by Gasteiger charge is 2.17. The maximum atomic E-state index is 12.3. The summed E-state index contributed by atoms with van der Waals surface area (Å²) in [6, 6.07) is 7.94. The van der Waals surface area contributed by atoms with Gasteiger partial charge in [0, 0.05) is 24.0 Å². The van der Waals surface area contributed by atoms with Gasteiger partial charge in [-0.3, -0.25) is 4.79 Å². The van der Waals surface area contributed by atoms with Crippen LogP contribution in [-0.4, -0.2) is 49.8 Å². The lowest BCUT2D eigenvalue weighted by atomic mass is 10.2. The van der Waals surface area contributed by atoms with Gasteiger partial charge in [0.2, 0.25) is 11.1 Å². The van der Waals surface area contributed by atoms with Crippen LogP contribution in [0.15, 0.2) is 29.4 Å². The molecule has 0 atom stereocenters. The molecule has 24 heavy (non-hydrogen) atoms. The van der Waals surface area contributed by atoms with Crippen LogP contribution in [0.1, 0.15) is 25.7 Å². The minimum absolute atomic E-state index is 0.169. The van der Waals surface area contributed by atoms with Gasteiger partial charge in [-0.2, -0.15) is 0 Å². The van der Waals surface area contributed by atoms with Gasteiger partial charge >= 0.3 is 0 Å². The Balaban J connectivity index is 1.48. The SMILES string of the molecule is O=C(CSc1nnc2c(n1)[nH]c1ccccc12)N1CCCCCC1. The summed E-state index contributed by atoms with van der Waals surface area (Å²) in [6.07, 6.45) is 4.66. The van der Waals surface area contributed by atoms with Crippen molar-refractivity contribution < 1.29 is 4.79 Å². The highest BCUT2D eigenvalue weighted by Crippen LogP contribution is 2.23. The second-order valence-electron chi connectivity index (χ2n) is 6.05. The molecule has 0 saturated carbocycles. The van der Waals surface area contributed by atoms with Crippen LogP contribution in [0, 0.1) is 0 Å². The third-order valence-corrected chi connectivity index (χ3v) is 5.21. The summed E-state index contributed by atoms with van der Waals surface area (Å²) in [4.78, 5) is 22.1. The smallest absolute Gasteiger partial charge is 0.233 e. The Hall–Kier alpha value is -2.15. The number of hydrogen-bond acceptors (Lipinski definition) is 5. The van der Waals surface area contributed by atoms with Crippen LogP contribution < -0.4 is 0 Å². The molecule has 1 N–H and O–H groups in total. The molecule has 1 saturated heterocycles. The lowest BCUT2D eigenvalue weighted by Crippen LogP contribution is -2.33. The standard InChI is InChI=1S/C17H19N5OS/c23-14(22-9-5-1-2-6-10-22)11-24-17-19-16-15(20-21-17)12-7-3-4-8-13(12)18-16/h3-4,7-8H,1-2,5-6,9-11H2,(H,18,19,21). The van der Waals surface area contributed by atoms with E-state index in [1.54, 1.807) is 0 Å². The van der Waals surface area contributed by atoms with Crippen molar-refractivity contribution in [3.05, 3.63) is 24.3 Å². The molecule has 1 fully saturated rings. The number of fused-ring (bicyclic) bond motifs is 3. The normalized spacial score (nSPS) is 15.8. The van der Waals surface area contributed by atoms with E-state index >= 15 is 0 Å². The van der Waals surface area contributed by atoms with Crippen molar-refractivity contribution in [2.45, 2.75) is 30.8 Å². The van der Waals surface area contributed by atoms with Crippen LogP contribution in [0.4, 0.5) is 0 Å². The van der Waals surface area contributed by atoms with Crippen LogP contribution in [0.3, 0.4) is 0 Å². The Kier molecular flexibility index (Phi) is 4.34. The van der Waals surface area contributed by atoms with Crippen molar-refractivity contribution in [2.24, 2.45) is 0 Å². The number of carbonyl (C=O) groups excluding carboxylic acids is 1. The van der Waals surface area contributed by atoms with Crippen LogP contribution >= 0.6 is 11.8 Å². The molecule has 2 aromatic heterocycles. The molecule has 1 aromatic carbocycles. The molecular weight excluding hydrogens is 322 g/mol. The lowest BCUT2D eigenvalue weighted by molar-refractivity contribution is -0.128. The predicted octanol–water partition coefficient (Wildman–Crippen LogP) is 3.00. The Morgan fingerprint density at radius 1 is 1.12 bits per heavy atom. The first-order valence-corrected chi connectivity index (χ1v) is 9.31. The number of para-hydroxylation sites is 1. The van der Waals surface area contributed by atoms with Crippen molar-refractivity contribution in [3.63, 3.8) is 0 Å². The predicted molar refractivity (Wildman–Crippen MR) is 95.0 cm³/mol. The number of thioether (sulfide) groups is 1. The molecular formula is C17H19N5OS. The van der Waals surface area contributed by atoms with Crippen molar-refractivity contribution in [3.8, 4) is 0 Å². The fourth-order valence-corrected chi connectivity index (χ4v) is 3.79. The third-order valence-electron chi connectivity index (χ3n) is 4.39. The number of benzene rings is 1. The van der Waals surface area contributed by atoms with Gasteiger partial charge in [0.25, 0.3) is 0 Å². The van der Waals surface area contributed by atoms with Gasteiger partial charge in [0.05, 0.1) is 5.75 Å². The van der Waals surface area contributed by atoms with E-state index in [2.05, 4.69) is 20.2 Å². The monoisotopic (exact) mass is 341 g/mol. The van der Waals surface area contributed by atoms with Crippen LogP contribution in [0.25, 0.3) is 22.1 Å². The van der Waals surface area contributed by atoms with Crippen LogP contribution in [0.5, 0.6) is 0 Å². The third kappa shape index (κ3) is 3.08. The van der Waals surface area contributed by atoms with E-state index in [0.717, 1.165) is 48.0 Å². The number of likely N-dealkylation sites (tertiary alicyclic amines) is 1. The van der Waals surface area contributed by atoms with Crippen molar-refractivity contribution in [1.82, 2.24) is 25.1 Å². The Labute approximate surface area is 144 Å². The molecule has 0 bridgehead atoms. The number of aromatic nitrogens is 4. The van der Waals surface area contributed by atoms with Gasteiger partial charge in [-0.25, -0.2) is 4.98 Å². The van der Waals surface area contributed by atoms with Crippen molar-refractivity contribution in [1.29, 1.82) is 0 Å². The molecule has 0 unspecified atom stereocenters. The molecule has 3 aromatic rings. The topological polar surface area (TPSA) is 74.8 Å². The Bertz CT molecular complexity index is 870. The second kappa shape index (κ2) is 6.76. The van der Waals surface area contributed by atoms with Crippen LogP contribution in [-0.2, 0) is 4.79 Å². The quantitative estimate of drug-likeness (QED) is 0.741. The first kappa shape index (κ1) is 15.4. The van der Waals surface area contributed by atoms with Crippen molar-refractivity contribution in [2.75, 3.05) is 18.8 Å². The fourth-order valence-electron chi connectivity index (χ4n) is 3.10. The van der Waals surface area contributed by atoms with Crippen LogP contribution in [0.2, 0.25) is 0 Å². The summed E-state index contributed by atoms with van der Waals surface area (Å²) < 4.78 is 0. The first-order valence-electron chi connectivity index (χ1n) is 8.33. The molecule has 1 aliphatic rings. The first-order chi connectivity index (χ1) is 11.8. The largest absolute Gasteiger partial charge is 0.342 e. The summed E-state index contributed by atoms with van der Waals surface area (Å²) in [5, 5.41) is 10.0. The van der Waals surface area contributed by atoms with E-state index in [0.29, 0.717) is 10.9 Å². The van der Waals surface area contributed by atoms with E-state index in [1.165, 1.54) is 24.6 Å². The van der Waals surface area contributed by atoms with Gasteiger partial charge in [-0.15, -0.1) is 10.2 Å². The fraction of sp³-hybridized carbons (Fsp3) is 0.412. The number of nitrogens with one attached hydrogen (secondary N) is 1. The maximum Gasteiger partial charge on any atom is 0.233 e. The van der Waals surface area contributed by atoms with Gasteiger partial charge in [0.1, 0.15) is 5.52 Å². The summed E-state index contributed by atoms with van der Waals surface area (Å²) in [6.45, 7) is 1.75. The highest BCUT2D eigenvalue weighted by molar-refractivity contribution is 7.99. The number of rotatable bonds is 3. The average molecular weight is 341 g/mol. The minimum Gasteiger partial charge on any atom is -0.342 e. The summed E-state index contributed by atoms with van der Waals surface area (Å²) in [5.74, 6) is 0.537. The van der Waals surface area contributed by atoms with Gasteiger partial charge in [-0.05, 0) is 18.9 Å². The average Bonchev–Trinajstić information content (AvgIpc) is 2.78. The molecule has 6 nitrogen and oxygen atoms in total. The van der Waals surface area contributed by atoms with Gasteiger partial charge < -0.3 is 9.88 Å². The van der Waals surface area contributed by atoms with E-state index in [-0.39, 0.29) is 5.91 Å². The summed E-state index contributed by atoms with van der Waals surface area (Å²) in [5.41, 5.74) is 2.49. The molecule has 124 valence electrons. The van der Waals surface area contributed by atoms with Gasteiger partial charge in [0.15, 0.2) is 5.65 Å². The lowest BCUT2D eigenvalue weighted by Gasteiger charge is -2.19. The number of carbonyl (C=O) groups is 1. The number of amides is 1. The number of hydrogen-bond donors (Lipinski definition) is 1. The summed E-state index contributed by atoms with van der Waals surface area (Å²) in [7, 11) is 0. The van der Waals surface area contributed by atoms with E-state index < -0.39 is 0 Å². The number of aromatic amines is 1. The van der Waals surface area contributed by atoms with Gasteiger partial charge in [-0.1, -0.05) is 42.8 Å². The Morgan fingerprint density at radius 3 is 2.75 bits per heavy atom. The van der Waals surface area contributed by atoms with E-state index in [1.807, 2.05) is 29.2 Å². The van der Waals surface area contributed by atoms with Crippen molar-refractivity contribution >= 4 is 39.7 Å². The molecule has 7 heteroatoms. The van der Waals surface area contributed by atoms with E-state index in [4.69, 9.17) is 0 Å². The molecule has 4 rings (SSSR count). The molecule has 1 aliphatic heterocycles. The Morgan fingerprint density at radius 2 is 1.92 bits per heavy atom. The highest BCUT2D eigenvalue weighted by atomic mass is 32.2. The zero-order chi connectivity index (χ0) is 16.4. The van der Waals surface area contributed by atoms with E-state index in [9.17, 15) is 4.79 Å². The molecule has 0 radical (unpaired) electrons. The summed E-state index contributed by atoms with van der Waals surface area (Å²) >= 11 is 1.36. The molecule has 0 spiro atoms. The minimum atomic E-state index is 0.169. The zero-order valence-electron chi connectivity index (χ0n) is 13.4. The number of H-pyrrole nitrogens is 1. The molecule has 3 heterocycles. The number of nitrogens with zero attached hydrogens (tertiary/aromatic N) is 4. The maximum absolute atomic E-state index is 12.3. The second-order valence-corrected chi connectivity index (χ2v) is 6.99.